The molecule has 212 valence electrons. The van der Waals surface area contributed by atoms with Crippen molar-refractivity contribution in [3.8, 4) is 5.75 Å². The molecule has 1 saturated heterocycles. The predicted octanol–water partition coefficient (Wildman–Crippen LogP) is 5.04. The number of nitrogens with one attached hydrogen (secondary N) is 1. The zero-order valence-electron chi connectivity index (χ0n) is 23.4. The Morgan fingerprint density at radius 2 is 1.87 bits per heavy atom. The highest BCUT2D eigenvalue weighted by molar-refractivity contribution is 6.38. The van der Waals surface area contributed by atoms with Crippen molar-refractivity contribution in [2.45, 2.75) is 77.9 Å². The molecule has 0 bridgehead atoms. The molecule has 8 nitrogen and oxygen atoms in total. The normalized spacial score (nSPS) is 16.4. The predicted molar refractivity (Wildman–Crippen MR) is 148 cm³/mol. The molecule has 2 aromatic rings. The first-order valence-corrected chi connectivity index (χ1v) is 14.0. The van der Waals surface area contributed by atoms with Gasteiger partial charge in [0, 0.05) is 18.5 Å². The first-order chi connectivity index (χ1) is 18.8. The number of hydroxylamine groups is 1. The van der Waals surface area contributed by atoms with Crippen molar-refractivity contribution < 1.29 is 29.1 Å². The zero-order chi connectivity index (χ0) is 28.3. The summed E-state index contributed by atoms with van der Waals surface area (Å²) in [6.45, 7) is 6.62. The SMILES string of the molecule is CCC(C)(C)C(=O)C(=O)N1CCCC[C@H]1C(=O)OC(CCc1ccccc1)c1cccc(OCCCNO)c1. The van der Waals surface area contributed by atoms with Gasteiger partial charge in [-0.15, -0.1) is 0 Å². The first-order valence-electron chi connectivity index (χ1n) is 14.0. The molecule has 1 aliphatic heterocycles. The zero-order valence-corrected chi connectivity index (χ0v) is 23.4. The van der Waals surface area contributed by atoms with Crippen molar-refractivity contribution in [2.75, 3.05) is 19.7 Å². The van der Waals surface area contributed by atoms with Crippen LogP contribution in [0.15, 0.2) is 54.6 Å². The average Bonchev–Trinajstić information content (AvgIpc) is 2.97. The number of amides is 1. The molecule has 0 radical (unpaired) electrons. The van der Waals surface area contributed by atoms with Crippen LogP contribution in [0.4, 0.5) is 0 Å². The van der Waals surface area contributed by atoms with Gasteiger partial charge >= 0.3 is 5.97 Å². The highest BCUT2D eigenvalue weighted by Gasteiger charge is 2.41. The van der Waals surface area contributed by atoms with Gasteiger partial charge in [-0.2, -0.15) is 0 Å². The summed E-state index contributed by atoms with van der Waals surface area (Å²) in [6.07, 6.45) is 3.87. The van der Waals surface area contributed by atoms with E-state index in [9.17, 15) is 14.4 Å². The minimum Gasteiger partial charge on any atom is -0.494 e. The van der Waals surface area contributed by atoms with Crippen molar-refractivity contribution in [1.29, 1.82) is 0 Å². The van der Waals surface area contributed by atoms with Crippen LogP contribution in [0.5, 0.6) is 5.75 Å². The lowest BCUT2D eigenvalue weighted by Crippen LogP contribution is -2.53. The van der Waals surface area contributed by atoms with Crippen LogP contribution >= 0.6 is 0 Å². The Balaban J connectivity index is 1.79. The van der Waals surface area contributed by atoms with E-state index in [1.807, 2.05) is 61.5 Å². The molecule has 2 N–H and O–H groups in total. The van der Waals surface area contributed by atoms with Crippen molar-refractivity contribution in [3.63, 3.8) is 0 Å². The maximum absolute atomic E-state index is 13.6. The molecule has 1 fully saturated rings. The first kappa shape index (κ1) is 30.3. The third kappa shape index (κ3) is 8.63. The number of hydrogen-bond donors (Lipinski definition) is 2. The van der Waals surface area contributed by atoms with Gasteiger partial charge in [0.2, 0.25) is 5.78 Å². The van der Waals surface area contributed by atoms with Crippen LogP contribution in [0.3, 0.4) is 0 Å². The van der Waals surface area contributed by atoms with Crippen LogP contribution < -0.4 is 10.2 Å². The number of likely N-dealkylation sites (tertiary alicyclic amines) is 1. The Labute approximate surface area is 231 Å². The van der Waals surface area contributed by atoms with Crippen LogP contribution in [0.2, 0.25) is 0 Å². The topological polar surface area (TPSA) is 105 Å². The van der Waals surface area contributed by atoms with Gasteiger partial charge in [-0.05, 0) is 68.2 Å². The van der Waals surface area contributed by atoms with Gasteiger partial charge in [-0.25, -0.2) is 10.3 Å². The summed E-state index contributed by atoms with van der Waals surface area (Å²) in [5.41, 5.74) is 3.26. The van der Waals surface area contributed by atoms with Crippen molar-refractivity contribution >= 4 is 17.7 Å². The monoisotopic (exact) mass is 538 g/mol. The largest absolute Gasteiger partial charge is 0.494 e. The second-order valence-electron chi connectivity index (χ2n) is 10.7. The highest BCUT2D eigenvalue weighted by atomic mass is 16.5. The van der Waals surface area contributed by atoms with Crippen LogP contribution in [-0.2, 0) is 25.5 Å². The van der Waals surface area contributed by atoms with E-state index in [1.165, 1.54) is 4.90 Å². The summed E-state index contributed by atoms with van der Waals surface area (Å²) < 4.78 is 11.9. The van der Waals surface area contributed by atoms with Gasteiger partial charge < -0.3 is 19.6 Å². The number of carbonyl (C=O) groups is 3. The number of benzene rings is 2. The molecule has 1 heterocycles. The van der Waals surface area contributed by atoms with Gasteiger partial charge in [0.15, 0.2) is 0 Å². The van der Waals surface area contributed by atoms with Crippen molar-refractivity contribution in [3.05, 3.63) is 65.7 Å². The van der Waals surface area contributed by atoms with E-state index >= 15 is 0 Å². The number of aryl methyl sites for hydroxylation is 1. The smallest absolute Gasteiger partial charge is 0.329 e. The maximum atomic E-state index is 13.6. The third-order valence-electron chi connectivity index (χ3n) is 7.46. The van der Waals surface area contributed by atoms with Crippen molar-refractivity contribution in [2.24, 2.45) is 5.41 Å². The molecule has 2 aromatic carbocycles. The highest BCUT2D eigenvalue weighted by Crippen LogP contribution is 2.30. The van der Waals surface area contributed by atoms with Crippen LogP contribution in [-0.4, -0.2) is 53.5 Å². The molecule has 1 unspecified atom stereocenters. The van der Waals surface area contributed by atoms with E-state index in [0.29, 0.717) is 57.6 Å². The fourth-order valence-electron chi connectivity index (χ4n) is 4.60. The molecule has 39 heavy (non-hydrogen) atoms. The van der Waals surface area contributed by atoms with Gasteiger partial charge in [0.25, 0.3) is 5.91 Å². The fraction of sp³-hybridized carbons (Fsp3) is 0.516. The lowest BCUT2D eigenvalue weighted by Gasteiger charge is -2.36. The van der Waals surface area contributed by atoms with Crippen molar-refractivity contribution in [1.82, 2.24) is 10.4 Å². The number of ketones is 1. The summed E-state index contributed by atoms with van der Waals surface area (Å²) in [4.78, 5) is 41.2. The van der Waals surface area contributed by atoms with Crippen LogP contribution in [0, 0.1) is 5.41 Å². The lowest BCUT2D eigenvalue weighted by molar-refractivity contribution is -0.164. The molecule has 1 aliphatic rings. The molecule has 2 atom stereocenters. The molecule has 0 aliphatic carbocycles. The quantitative estimate of drug-likeness (QED) is 0.150. The number of ether oxygens (including phenoxy) is 2. The van der Waals surface area contributed by atoms with E-state index in [4.69, 9.17) is 14.7 Å². The summed E-state index contributed by atoms with van der Waals surface area (Å²) in [6, 6.07) is 16.7. The number of carbonyl (C=O) groups excluding carboxylic acids is 3. The number of Topliss-reactive ketones (excluding diaryl/α,β-unsaturated/α-hetero) is 1. The second kappa shape index (κ2) is 14.8. The minimum atomic E-state index is -0.785. The number of rotatable bonds is 14. The van der Waals surface area contributed by atoms with Crippen LogP contribution in [0.25, 0.3) is 0 Å². The van der Waals surface area contributed by atoms with Gasteiger partial charge in [0.1, 0.15) is 17.9 Å². The number of hydrogen-bond acceptors (Lipinski definition) is 7. The summed E-state index contributed by atoms with van der Waals surface area (Å²) in [5.74, 6) is -0.903. The Hall–Kier alpha value is -3.23. The number of piperidine rings is 1. The lowest BCUT2D eigenvalue weighted by atomic mass is 9.84. The minimum absolute atomic E-state index is 0.366. The Morgan fingerprint density at radius 1 is 1.10 bits per heavy atom. The number of esters is 1. The molecule has 1 amide bonds. The van der Waals surface area contributed by atoms with E-state index < -0.39 is 35.2 Å². The molecule has 8 heteroatoms. The average molecular weight is 539 g/mol. The van der Waals surface area contributed by atoms with E-state index in [2.05, 4.69) is 5.48 Å². The summed E-state index contributed by atoms with van der Waals surface area (Å²) in [5, 5.41) is 8.76. The molecule has 3 rings (SSSR count). The van der Waals surface area contributed by atoms with Gasteiger partial charge in [0.05, 0.1) is 6.61 Å². The molecular weight excluding hydrogens is 496 g/mol. The summed E-state index contributed by atoms with van der Waals surface area (Å²) >= 11 is 0. The fourth-order valence-corrected chi connectivity index (χ4v) is 4.60. The Morgan fingerprint density at radius 3 is 2.59 bits per heavy atom. The van der Waals surface area contributed by atoms with Gasteiger partial charge in [-0.3, -0.25) is 9.59 Å². The maximum Gasteiger partial charge on any atom is 0.329 e. The summed E-state index contributed by atoms with van der Waals surface area (Å²) in [7, 11) is 0. The molecular formula is C31H42N2O6. The molecule has 0 saturated carbocycles. The van der Waals surface area contributed by atoms with Gasteiger partial charge in [-0.1, -0.05) is 63.2 Å². The van der Waals surface area contributed by atoms with Crippen LogP contribution in [0.1, 0.15) is 76.5 Å². The Bertz CT molecular complexity index is 1090. The van der Waals surface area contributed by atoms with E-state index in [0.717, 1.165) is 24.0 Å². The molecule has 0 spiro atoms. The molecule has 0 aromatic heterocycles. The Kier molecular flexibility index (Phi) is 11.5. The standard InChI is InChI=1S/C31H42N2O6/c1-4-31(2,3)28(34)29(35)33-20-9-8-16-26(33)30(36)39-27(18-17-23-12-6-5-7-13-23)24-14-10-15-25(22-24)38-21-11-19-32-37/h5-7,10,12-15,22,26-27,32,37H,4,8-9,11,16-21H2,1-3H3/t26-,27?/m0/s1. The second-order valence-corrected chi connectivity index (χ2v) is 10.7. The van der Waals surface area contributed by atoms with E-state index in [1.54, 1.807) is 13.8 Å². The van der Waals surface area contributed by atoms with E-state index in [-0.39, 0.29) is 0 Å². The third-order valence-corrected chi connectivity index (χ3v) is 7.46. The number of nitrogens with zero attached hydrogens (tertiary/aromatic N) is 1.